The van der Waals surface area contributed by atoms with E-state index < -0.39 is 10.0 Å². The summed E-state index contributed by atoms with van der Waals surface area (Å²) >= 11 is 0. The first-order valence-corrected chi connectivity index (χ1v) is 10.6. The number of nitrogens with one attached hydrogen (secondary N) is 2. The number of rotatable bonds is 6. The van der Waals surface area contributed by atoms with Gasteiger partial charge in [-0.15, -0.1) is 0 Å². The van der Waals surface area contributed by atoms with Crippen molar-refractivity contribution in [1.82, 2.24) is 14.3 Å². The summed E-state index contributed by atoms with van der Waals surface area (Å²) in [5.74, 6) is 0.442. The molecule has 142 valence electrons. The lowest BCUT2D eigenvalue weighted by Gasteiger charge is -2.22. The van der Waals surface area contributed by atoms with Crippen LogP contribution in [-0.2, 0) is 16.6 Å². The van der Waals surface area contributed by atoms with Gasteiger partial charge in [0.25, 0.3) is 0 Å². The second-order valence-electron chi connectivity index (χ2n) is 7.46. The Morgan fingerprint density at radius 2 is 1.70 bits per heavy atom. The predicted molar refractivity (Wildman–Crippen MR) is 105 cm³/mol. The molecule has 1 saturated carbocycles. The fourth-order valence-electron chi connectivity index (χ4n) is 3.27. The Bertz CT molecular complexity index is 1120. The molecule has 1 aliphatic rings. The Balaban J connectivity index is 1.66. The highest BCUT2D eigenvalue weighted by molar-refractivity contribution is 7.89. The van der Waals surface area contributed by atoms with Crippen LogP contribution in [0.25, 0.3) is 11.0 Å². The number of imidazole rings is 1. The fourth-order valence-corrected chi connectivity index (χ4v) is 4.97. The van der Waals surface area contributed by atoms with Crippen LogP contribution >= 0.6 is 0 Å². The van der Waals surface area contributed by atoms with Gasteiger partial charge in [-0.05, 0) is 48.1 Å². The van der Waals surface area contributed by atoms with Gasteiger partial charge >= 0.3 is 5.69 Å². The van der Waals surface area contributed by atoms with E-state index in [0.717, 1.165) is 18.4 Å². The second kappa shape index (κ2) is 6.65. The molecule has 1 aromatic heterocycles. The molecule has 0 bridgehead atoms. The minimum Gasteiger partial charge on any atom is -0.306 e. The first kappa shape index (κ1) is 18.0. The van der Waals surface area contributed by atoms with Crippen molar-refractivity contribution in [3.63, 3.8) is 0 Å². The summed E-state index contributed by atoms with van der Waals surface area (Å²) in [7, 11) is -3.65. The number of hydrogen-bond acceptors (Lipinski definition) is 3. The molecule has 0 spiro atoms. The molecule has 7 heteroatoms. The van der Waals surface area contributed by atoms with E-state index in [1.807, 2.05) is 12.1 Å². The van der Waals surface area contributed by atoms with Crippen LogP contribution in [0.2, 0.25) is 0 Å². The van der Waals surface area contributed by atoms with E-state index in [1.54, 1.807) is 16.4 Å². The molecule has 1 aliphatic carbocycles. The van der Waals surface area contributed by atoms with Gasteiger partial charge in [0.05, 0.1) is 15.9 Å². The molecule has 0 atom stereocenters. The predicted octanol–water partition coefficient (Wildman–Crippen LogP) is 3.33. The van der Waals surface area contributed by atoms with E-state index in [9.17, 15) is 13.2 Å². The summed E-state index contributed by atoms with van der Waals surface area (Å²) < 4.78 is 28.1. The number of aromatic nitrogens is 2. The van der Waals surface area contributed by atoms with Crippen LogP contribution in [0.1, 0.15) is 43.7 Å². The number of benzene rings is 2. The van der Waals surface area contributed by atoms with Crippen molar-refractivity contribution >= 4 is 21.1 Å². The number of hydrogen-bond donors (Lipinski definition) is 2. The van der Waals surface area contributed by atoms with E-state index in [0.29, 0.717) is 23.5 Å². The van der Waals surface area contributed by atoms with E-state index in [4.69, 9.17) is 0 Å². The monoisotopic (exact) mass is 385 g/mol. The summed E-state index contributed by atoms with van der Waals surface area (Å²) in [5, 5.41) is 0. The summed E-state index contributed by atoms with van der Waals surface area (Å²) in [4.78, 5) is 16.9. The van der Waals surface area contributed by atoms with Gasteiger partial charge in [0.1, 0.15) is 0 Å². The molecule has 3 aromatic rings. The molecule has 2 N–H and O–H groups in total. The molecule has 0 aliphatic heterocycles. The normalized spacial score (nSPS) is 15.1. The zero-order valence-corrected chi connectivity index (χ0v) is 16.2. The SMILES string of the molecule is CC(C)c1ccc(CN(C2CC2)S(=O)(=O)c2ccc3[nH]c(=O)[nH]c3c2)cc1. The maximum atomic E-state index is 13.3. The summed E-state index contributed by atoms with van der Waals surface area (Å²) in [5.41, 5.74) is 2.97. The molecule has 2 aromatic carbocycles. The molecular formula is C20H23N3O3S. The van der Waals surface area contributed by atoms with Crippen LogP contribution in [0, 0.1) is 0 Å². The molecule has 1 fully saturated rings. The maximum absolute atomic E-state index is 13.3. The van der Waals surface area contributed by atoms with Gasteiger partial charge in [0.15, 0.2) is 0 Å². The largest absolute Gasteiger partial charge is 0.323 e. The Morgan fingerprint density at radius 3 is 2.33 bits per heavy atom. The smallest absolute Gasteiger partial charge is 0.306 e. The average Bonchev–Trinajstić information content (AvgIpc) is 3.39. The Morgan fingerprint density at radius 1 is 1.04 bits per heavy atom. The lowest BCUT2D eigenvalue weighted by molar-refractivity contribution is 0.398. The van der Waals surface area contributed by atoms with Gasteiger partial charge < -0.3 is 9.97 Å². The van der Waals surface area contributed by atoms with E-state index in [2.05, 4.69) is 35.9 Å². The van der Waals surface area contributed by atoms with E-state index >= 15 is 0 Å². The van der Waals surface area contributed by atoms with Gasteiger partial charge in [-0.3, -0.25) is 0 Å². The highest BCUT2D eigenvalue weighted by atomic mass is 32.2. The summed E-state index contributed by atoms with van der Waals surface area (Å²) in [6.45, 7) is 4.63. The van der Waals surface area contributed by atoms with Crippen LogP contribution in [0.4, 0.5) is 0 Å². The van der Waals surface area contributed by atoms with E-state index in [1.165, 1.54) is 11.6 Å². The van der Waals surface area contributed by atoms with Crippen LogP contribution < -0.4 is 5.69 Å². The first-order chi connectivity index (χ1) is 12.8. The molecule has 0 unspecified atom stereocenters. The van der Waals surface area contributed by atoms with Gasteiger partial charge in [-0.25, -0.2) is 13.2 Å². The maximum Gasteiger partial charge on any atom is 0.323 e. The molecule has 1 heterocycles. The number of fused-ring (bicyclic) bond motifs is 1. The minimum atomic E-state index is -3.65. The zero-order valence-electron chi connectivity index (χ0n) is 15.4. The van der Waals surface area contributed by atoms with Gasteiger partial charge in [-0.1, -0.05) is 38.1 Å². The molecular weight excluding hydrogens is 362 g/mol. The van der Waals surface area contributed by atoms with Gasteiger partial charge in [-0.2, -0.15) is 4.31 Å². The zero-order chi connectivity index (χ0) is 19.2. The minimum absolute atomic E-state index is 0.0424. The van der Waals surface area contributed by atoms with Crippen molar-refractivity contribution in [2.45, 2.75) is 50.1 Å². The average molecular weight is 385 g/mol. The topological polar surface area (TPSA) is 86.0 Å². The van der Waals surface area contributed by atoms with Crippen LogP contribution in [0.5, 0.6) is 0 Å². The van der Waals surface area contributed by atoms with Crippen LogP contribution in [-0.4, -0.2) is 28.7 Å². The lowest BCUT2D eigenvalue weighted by atomic mass is 10.0. The van der Waals surface area contributed by atoms with Gasteiger partial charge in [0.2, 0.25) is 10.0 Å². The standard InChI is InChI=1S/C20H23N3O3S/c1-13(2)15-5-3-14(4-6-15)12-23(16-7-8-16)27(25,26)17-9-10-18-19(11-17)22-20(24)21-18/h3-6,9-11,13,16H,7-8,12H2,1-2H3,(H2,21,22,24). The molecule has 0 saturated heterocycles. The third-order valence-corrected chi connectivity index (χ3v) is 6.93. The van der Waals surface area contributed by atoms with Crippen molar-refractivity contribution in [3.05, 3.63) is 64.1 Å². The van der Waals surface area contributed by atoms with Gasteiger partial charge in [0, 0.05) is 12.6 Å². The quantitative estimate of drug-likeness (QED) is 0.682. The Labute approximate surface area is 158 Å². The number of sulfonamides is 1. The number of nitrogens with zero attached hydrogens (tertiary/aromatic N) is 1. The van der Waals surface area contributed by atoms with E-state index in [-0.39, 0.29) is 16.6 Å². The third kappa shape index (κ3) is 3.57. The Hall–Kier alpha value is -2.38. The molecule has 27 heavy (non-hydrogen) atoms. The Kier molecular flexibility index (Phi) is 4.44. The highest BCUT2D eigenvalue weighted by Crippen LogP contribution is 2.34. The van der Waals surface area contributed by atoms with Crippen molar-refractivity contribution in [3.8, 4) is 0 Å². The number of aromatic amines is 2. The van der Waals surface area contributed by atoms with Crippen molar-refractivity contribution in [1.29, 1.82) is 0 Å². The van der Waals surface area contributed by atoms with Crippen molar-refractivity contribution in [2.75, 3.05) is 0 Å². The molecule has 0 amide bonds. The van der Waals surface area contributed by atoms with Crippen LogP contribution in [0.15, 0.2) is 52.2 Å². The molecule has 4 rings (SSSR count). The van der Waals surface area contributed by atoms with Crippen molar-refractivity contribution < 1.29 is 8.42 Å². The fraction of sp³-hybridized carbons (Fsp3) is 0.350. The highest BCUT2D eigenvalue weighted by Gasteiger charge is 2.38. The summed E-state index contributed by atoms with van der Waals surface area (Å²) in [6, 6.07) is 12.9. The first-order valence-electron chi connectivity index (χ1n) is 9.17. The number of H-pyrrole nitrogens is 2. The van der Waals surface area contributed by atoms with Crippen LogP contribution in [0.3, 0.4) is 0 Å². The third-order valence-electron chi connectivity index (χ3n) is 5.03. The van der Waals surface area contributed by atoms with Crippen molar-refractivity contribution in [2.24, 2.45) is 0 Å². The molecule has 6 nitrogen and oxygen atoms in total. The summed E-state index contributed by atoms with van der Waals surface area (Å²) in [6.07, 6.45) is 1.76. The lowest BCUT2D eigenvalue weighted by Crippen LogP contribution is -2.32. The molecule has 0 radical (unpaired) electrons. The second-order valence-corrected chi connectivity index (χ2v) is 9.35.